The molecular weight excluding hydrogens is 400 g/mol. The number of aryl methyl sites for hydroxylation is 1. The Morgan fingerprint density at radius 2 is 1.86 bits per heavy atom. The minimum Gasteiger partial charge on any atom is -0.497 e. The van der Waals surface area contributed by atoms with Crippen molar-refractivity contribution in [1.82, 2.24) is 9.21 Å². The molecule has 0 saturated carbocycles. The van der Waals surface area contributed by atoms with Crippen molar-refractivity contribution in [2.24, 2.45) is 0 Å². The molecule has 1 fully saturated rings. The van der Waals surface area contributed by atoms with Crippen molar-refractivity contribution in [1.29, 1.82) is 0 Å². The SMILES string of the molecule is COc1ccc(OC)c(S(=O)(=O)N2CCN(C(=O)CCc3cccs3)CC2)c1. The topological polar surface area (TPSA) is 76.2 Å². The number of hydrogen-bond acceptors (Lipinski definition) is 6. The summed E-state index contributed by atoms with van der Waals surface area (Å²) in [6.07, 6.45) is 1.16. The maximum absolute atomic E-state index is 13.1. The van der Waals surface area contributed by atoms with Gasteiger partial charge in [-0.3, -0.25) is 4.79 Å². The fourth-order valence-corrected chi connectivity index (χ4v) is 5.45. The molecule has 0 bridgehead atoms. The van der Waals surface area contributed by atoms with Crippen molar-refractivity contribution < 1.29 is 22.7 Å². The number of rotatable bonds is 7. The van der Waals surface area contributed by atoms with E-state index in [-0.39, 0.29) is 29.6 Å². The summed E-state index contributed by atoms with van der Waals surface area (Å²) in [5.41, 5.74) is 0. The van der Waals surface area contributed by atoms with Crippen LogP contribution in [0.4, 0.5) is 0 Å². The van der Waals surface area contributed by atoms with Crippen LogP contribution < -0.4 is 9.47 Å². The van der Waals surface area contributed by atoms with E-state index in [2.05, 4.69) is 0 Å². The molecule has 7 nitrogen and oxygen atoms in total. The summed E-state index contributed by atoms with van der Waals surface area (Å²) >= 11 is 1.64. The van der Waals surface area contributed by atoms with E-state index in [0.29, 0.717) is 25.3 Å². The van der Waals surface area contributed by atoms with E-state index >= 15 is 0 Å². The van der Waals surface area contributed by atoms with Crippen molar-refractivity contribution in [2.45, 2.75) is 17.7 Å². The number of methoxy groups -OCH3 is 2. The standard InChI is InChI=1S/C19H24N2O5S2/c1-25-15-5-7-17(26-2)18(14-15)28(23,24)21-11-9-20(10-12-21)19(22)8-6-16-4-3-13-27-16/h3-5,7,13-14H,6,8-12H2,1-2H3. The molecule has 1 aromatic heterocycles. The number of benzene rings is 1. The Kier molecular flexibility index (Phi) is 6.58. The molecule has 152 valence electrons. The first kappa shape index (κ1) is 20.6. The van der Waals surface area contributed by atoms with E-state index in [0.717, 1.165) is 6.42 Å². The Labute approximate surface area is 169 Å². The highest BCUT2D eigenvalue weighted by Gasteiger charge is 2.32. The third-order valence-corrected chi connectivity index (χ3v) is 7.60. The van der Waals surface area contributed by atoms with Gasteiger partial charge in [-0.05, 0) is 30.0 Å². The molecule has 1 aliphatic rings. The lowest BCUT2D eigenvalue weighted by atomic mass is 10.2. The van der Waals surface area contributed by atoms with Crippen molar-refractivity contribution >= 4 is 27.3 Å². The summed E-state index contributed by atoms with van der Waals surface area (Å²) in [4.78, 5) is 15.4. The van der Waals surface area contributed by atoms with E-state index in [1.165, 1.54) is 29.5 Å². The fourth-order valence-electron chi connectivity index (χ4n) is 3.15. The number of hydrogen-bond donors (Lipinski definition) is 0. The van der Waals surface area contributed by atoms with Crippen LogP contribution in [-0.2, 0) is 21.2 Å². The van der Waals surface area contributed by atoms with Crippen LogP contribution in [0.1, 0.15) is 11.3 Å². The van der Waals surface area contributed by atoms with Crippen LogP contribution in [0, 0.1) is 0 Å². The smallest absolute Gasteiger partial charge is 0.247 e. The van der Waals surface area contributed by atoms with Gasteiger partial charge < -0.3 is 14.4 Å². The van der Waals surface area contributed by atoms with Gasteiger partial charge in [-0.15, -0.1) is 11.3 Å². The van der Waals surface area contributed by atoms with Crippen molar-refractivity contribution in [3.63, 3.8) is 0 Å². The maximum Gasteiger partial charge on any atom is 0.247 e. The van der Waals surface area contributed by atoms with Gasteiger partial charge >= 0.3 is 0 Å². The highest BCUT2D eigenvalue weighted by atomic mass is 32.2. The molecule has 1 saturated heterocycles. The number of amides is 1. The van der Waals surface area contributed by atoms with Crippen LogP contribution in [0.2, 0.25) is 0 Å². The third kappa shape index (κ3) is 4.48. The average molecular weight is 425 g/mol. The molecule has 1 aliphatic heterocycles. The zero-order valence-electron chi connectivity index (χ0n) is 16.0. The summed E-state index contributed by atoms with van der Waals surface area (Å²) in [5.74, 6) is 0.779. The van der Waals surface area contributed by atoms with Gasteiger partial charge in [0.1, 0.15) is 16.4 Å². The second kappa shape index (κ2) is 8.93. The molecular formula is C19H24N2O5S2. The fraction of sp³-hybridized carbons (Fsp3) is 0.421. The van der Waals surface area contributed by atoms with Gasteiger partial charge in [0.25, 0.3) is 0 Å². The van der Waals surface area contributed by atoms with Crippen LogP contribution in [0.25, 0.3) is 0 Å². The first-order chi connectivity index (χ1) is 13.5. The van der Waals surface area contributed by atoms with Crippen LogP contribution in [0.5, 0.6) is 11.5 Å². The average Bonchev–Trinajstić information content (AvgIpc) is 3.25. The van der Waals surface area contributed by atoms with E-state index < -0.39 is 10.0 Å². The summed E-state index contributed by atoms with van der Waals surface area (Å²) in [7, 11) is -0.822. The number of sulfonamides is 1. The molecule has 0 radical (unpaired) electrons. The van der Waals surface area contributed by atoms with Gasteiger partial charge in [0.15, 0.2) is 0 Å². The molecule has 2 heterocycles. The van der Waals surface area contributed by atoms with Crippen molar-refractivity contribution in [2.75, 3.05) is 40.4 Å². The molecule has 0 spiro atoms. The molecule has 9 heteroatoms. The maximum atomic E-state index is 13.1. The predicted molar refractivity (Wildman–Crippen MR) is 108 cm³/mol. The van der Waals surface area contributed by atoms with E-state index in [4.69, 9.17) is 9.47 Å². The van der Waals surface area contributed by atoms with Crippen molar-refractivity contribution in [3.05, 3.63) is 40.6 Å². The number of ether oxygens (including phenoxy) is 2. The van der Waals surface area contributed by atoms with Gasteiger partial charge in [0, 0.05) is 43.5 Å². The Morgan fingerprint density at radius 3 is 2.46 bits per heavy atom. The Balaban J connectivity index is 1.64. The summed E-state index contributed by atoms with van der Waals surface area (Å²) in [5, 5.41) is 2.00. The number of nitrogens with zero attached hydrogens (tertiary/aromatic N) is 2. The largest absolute Gasteiger partial charge is 0.497 e. The second-order valence-electron chi connectivity index (χ2n) is 6.38. The van der Waals surface area contributed by atoms with Crippen LogP contribution in [0.15, 0.2) is 40.6 Å². The monoisotopic (exact) mass is 424 g/mol. The molecule has 0 aliphatic carbocycles. The van der Waals surface area contributed by atoms with Gasteiger partial charge in [-0.1, -0.05) is 6.07 Å². The van der Waals surface area contributed by atoms with Crippen LogP contribution in [-0.4, -0.2) is 63.9 Å². The van der Waals surface area contributed by atoms with Gasteiger partial charge in [-0.25, -0.2) is 8.42 Å². The molecule has 1 aromatic carbocycles. The summed E-state index contributed by atoms with van der Waals surface area (Å²) < 4.78 is 37.9. The van der Waals surface area contributed by atoms with E-state index in [1.54, 1.807) is 28.4 Å². The molecule has 28 heavy (non-hydrogen) atoms. The number of thiophene rings is 1. The lowest BCUT2D eigenvalue weighted by molar-refractivity contribution is -0.132. The molecule has 0 N–H and O–H groups in total. The van der Waals surface area contributed by atoms with E-state index in [9.17, 15) is 13.2 Å². The zero-order valence-corrected chi connectivity index (χ0v) is 17.6. The minimum absolute atomic E-state index is 0.0596. The predicted octanol–water partition coefficient (Wildman–Crippen LogP) is 2.23. The molecule has 3 rings (SSSR count). The first-order valence-electron chi connectivity index (χ1n) is 8.98. The molecule has 1 amide bonds. The second-order valence-corrected chi connectivity index (χ2v) is 9.32. The van der Waals surface area contributed by atoms with Gasteiger partial charge in [0.2, 0.25) is 15.9 Å². The van der Waals surface area contributed by atoms with Crippen LogP contribution in [0.3, 0.4) is 0 Å². The third-order valence-electron chi connectivity index (χ3n) is 4.75. The summed E-state index contributed by atoms with van der Waals surface area (Å²) in [6, 6.07) is 8.69. The zero-order chi connectivity index (χ0) is 20.1. The normalized spacial score (nSPS) is 15.4. The molecule has 0 atom stereocenters. The highest BCUT2D eigenvalue weighted by molar-refractivity contribution is 7.89. The number of carbonyl (C=O) groups excluding carboxylic acids is 1. The Bertz CT molecular complexity index is 904. The Hall–Kier alpha value is -2.10. The van der Waals surface area contributed by atoms with E-state index in [1.807, 2.05) is 17.5 Å². The summed E-state index contributed by atoms with van der Waals surface area (Å²) in [6.45, 7) is 1.28. The first-order valence-corrected chi connectivity index (χ1v) is 11.3. The lowest BCUT2D eigenvalue weighted by Crippen LogP contribution is -2.50. The van der Waals surface area contributed by atoms with Gasteiger partial charge in [-0.2, -0.15) is 4.31 Å². The highest BCUT2D eigenvalue weighted by Crippen LogP contribution is 2.31. The molecule has 2 aromatic rings. The lowest BCUT2D eigenvalue weighted by Gasteiger charge is -2.34. The molecule has 0 unspecified atom stereocenters. The minimum atomic E-state index is -3.74. The quantitative estimate of drug-likeness (QED) is 0.681. The number of piperazine rings is 1. The Morgan fingerprint density at radius 1 is 1.11 bits per heavy atom. The van der Waals surface area contributed by atoms with Crippen LogP contribution >= 0.6 is 11.3 Å². The number of carbonyl (C=O) groups is 1. The van der Waals surface area contributed by atoms with Crippen molar-refractivity contribution in [3.8, 4) is 11.5 Å². The van der Waals surface area contributed by atoms with Gasteiger partial charge in [0.05, 0.1) is 14.2 Å².